The van der Waals surface area contributed by atoms with E-state index in [1.807, 2.05) is 36.4 Å². The maximum atomic E-state index is 12.1. The largest absolute Gasteiger partial charge is 0.452 e. The number of urea groups is 1. The molecule has 0 aliphatic carbocycles. The highest BCUT2D eigenvalue weighted by Crippen LogP contribution is 2.24. The van der Waals surface area contributed by atoms with Crippen molar-refractivity contribution in [1.29, 1.82) is 0 Å². The maximum absolute atomic E-state index is 12.1. The number of nitrogens with zero attached hydrogens (tertiary/aromatic N) is 1. The van der Waals surface area contributed by atoms with E-state index in [0.717, 1.165) is 21.1 Å². The smallest absolute Gasteiger partial charge is 0.338 e. The van der Waals surface area contributed by atoms with Crippen LogP contribution in [0.1, 0.15) is 15.9 Å². The van der Waals surface area contributed by atoms with Gasteiger partial charge in [0.1, 0.15) is 0 Å². The zero-order valence-corrected chi connectivity index (χ0v) is 15.9. The second-order valence-electron chi connectivity index (χ2n) is 5.79. The lowest BCUT2D eigenvalue weighted by Crippen LogP contribution is -2.37. The Kier molecular flexibility index (Phi) is 6.36. The molecule has 1 saturated heterocycles. The molecule has 0 bridgehead atoms. The normalized spacial score (nSPS) is 13.4. The number of carbonyl (C=O) groups is 3. The van der Waals surface area contributed by atoms with E-state index in [0.29, 0.717) is 17.1 Å². The van der Waals surface area contributed by atoms with E-state index in [9.17, 15) is 14.4 Å². The number of hydrogen-bond acceptors (Lipinski definition) is 5. The Morgan fingerprint density at radius 2 is 1.81 bits per heavy atom. The van der Waals surface area contributed by atoms with Crippen LogP contribution in [0, 0.1) is 0 Å². The molecule has 1 fully saturated rings. The van der Waals surface area contributed by atoms with Crippen molar-refractivity contribution in [3.63, 3.8) is 0 Å². The number of hydrogen-bond donors (Lipinski definition) is 1. The lowest BCUT2D eigenvalue weighted by atomic mass is 10.1. The highest BCUT2D eigenvalue weighted by molar-refractivity contribution is 7.98. The topological polar surface area (TPSA) is 75.7 Å². The first kappa shape index (κ1) is 19.3. The number of halogens is 1. The van der Waals surface area contributed by atoms with E-state index < -0.39 is 24.5 Å². The van der Waals surface area contributed by atoms with Crippen molar-refractivity contribution >= 4 is 41.3 Å². The minimum absolute atomic E-state index is 0.287. The lowest BCUT2D eigenvalue weighted by Gasteiger charge is -2.12. The number of ether oxygens (including phenoxy) is 1. The zero-order chi connectivity index (χ0) is 19.2. The maximum Gasteiger partial charge on any atom is 0.338 e. The summed E-state index contributed by atoms with van der Waals surface area (Å²) in [6.45, 7) is 0.240. The molecule has 3 amide bonds. The van der Waals surface area contributed by atoms with Crippen molar-refractivity contribution in [2.75, 3.05) is 19.7 Å². The molecule has 0 aromatic heterocycles. The number of rotatable bonds is 6. The van der Waals surface area contributed by atoms with E-state index in [1.165, 1.54) is 0 Å². The molecule has 27 heavy (non-hydrogen) atoms. The Bertz CT molecular complexity index is 840. The standard InChI is InChI=1S/C19H17ClN2O4S/c20-15-5-7-16(8-6-15)27-12-13-1-3-14(4-2-13)18(24)26-11-17(23)22-10-9-21-19(22)25/h1-8H,9-12H2,(H,21,25). The van der Waals surface area contributed by atoms with Crippen molar-refractivity contribution < 1.29 is 19.1 Å². The van der Waals surface area contributed by atoms with Gasteiger partial charge in [0.05, 0.1) is 5.56 Å². The number of thioether (sulfide) groups is 1. The summed E-state index contributed by atoms with van der Waals surface area (Å²) >= 11 is 7.53. The highest BCUT2D eigenvalue weighted by atomic mass is 35.5. The molecule has 0 unspecified atom stereocenters. The van der Waals surface area contributed by atoms with E-state index in [1.54, 1.807) is 23.9 Å². The van der Waals surface area contributed by atoms with Crippen LogP contribution in [0.4, 0.5) is 4.79 Å². The van der Waals surface area contributed by atoms with Gasteiger partial charge in [-0.25, -0.2) is 9.59 Å². The highest BCUT2D eigenvalue weighted by Gasteiger charge is 2.26. The van der Waals surface area contributed by atoms with Gasteiger partial charge in [0.2, 0.25) is 0 Å². The molecule has 0 spiro atoms. The van der Waals surface area contributed by atoms with Gasteiger partial charge >= 0.3 is 12.0 Å². The first-order valence-corrected chi connectivity index (χ1v) is 9.62. The van der Waals surface area contributed by atoms with Gasteiger partial charge in [0.15, 0.2) is 6.61 Å². The third kappa shape index (κ3) is 5.24. The molecule has 140 valence electrons. The summed E-state index contributed by atoms with van der Waals surface area (Å²) in [7, 11) is 0. The van der Waals surface area contributed by atoms with E-state index >= 15 is 0 Å². The van der Waals surface area contributed by atoms with Gasteiger partial charge in [-0.1, -0.05) is 23.7 Å². The molecular formula is C19H17ClN2O4S. The number of nitrogens with one attached hydrogen (secondary N) is 1. The van der Waals surface area contributed by atoms with Crippen LogP contribution in [0.2, 0.25) is 5.02 Å². The average molecular weight is 405 g/mol. The zero-order valence-electron chi connectivity index (χ0n) is 14.3. The summed E-state index contributed by atoms with van der Waals surface area (Å²) in [6, 6.07) is 14.1. The van der Waals surface area contributed by atoms with Crippen LogP contribution in [-0.2, 0) is 15.3 Å². The molecule has 2 aromatic carbocycles. The van der Waals surface area contributed by atoms with Gasteiger partial charge in [0, 0.05) is 28.8 Å². The van der Waals surface area contributed by atoms with Gasteiger partial charge < -0.3 is 10.1 Å². The van der Waals surface area contributed by atoms with Crippen molar-refractivity contribution in [2.45, 2.75) is 10.6 Å². The molecule has 3 rings (SSSR count). The number of benzene rings is 2. The SMILES string of the molecule is O=C(OCC(=O)N1CCNC1=O)c1ccc(CSc2ccc(Cl)cc2)cc1. The van der Waals surface area contributed by atoms with Gasteiger partial charge in [-0.2, -0.15) is 0 Å². The van der Waals surface area contributed by atoms with Crippen LogP contribution >= 0.6 is 23.4 Å². The fourth-order valence-electron chi connectivity index (χ4n) is 2.43. The molecule has 0 atom stereocenters. The fourth-order valence-corrected chi connectivity index (χ4v) is 3.41. The first-order chi connectivity index (χ1) is 13.0. The molecule has 6 nitrogen and oxygen atoms in total. The van der Waals surface area contributed by atoms with Gasteiger partial charge in [-0.15, -0.1) is 11.8 Å². The summed E-state index contributed by atoms with van der Waals surface area (Å²) in [4.78, 5) is 37.4. The number of imide groups is 1. The second kappa shape index (κ2) is 8.92. The molecule has 2 aromatic rings. The van der Waals surface area contributed by atoms with E-state index in [4.69, 9.17) is 16.3 Å². The molecule has 8 heteroatoms. The molecular weight excluding hydrogens is 388 g/mol. The molecule has 1 heterocycles. The molecule has 1 aliphatic rings. The molecule has 1 N–H and O–H groups in total. The summed E-state index contributed by atoms with van der Waals surface area (Å²) in [6.07, 6.45) is 0. The monoisotopic (exact) mass is 404 g/mol. The fraction of sp³-hybridized carbons (Fsp3) is 0.211. The van der Waals surface area contributed by atoms with E-state index in [-0.39, 0.29) is 6.54 Å². The minimum Gasteiger partial charge on any atom is -0.452 e. The van der Waals surface area contributed by atoms with Gasteiger partial charge in [0.25, 0.3) is 5.91 Å². The Morgan fingerprint density at radius 1 is 1.11 bits per heavy atom. The average Bonchev–Trinajstić information content (AvgIpc) is 3.12. The number of carbonyl (C=O) groups excluding carboxylic acids is 3. The lowest BCUT2D eigenvalue weighted by molar-refractivity contribution is -0.130. The van der Waals surface area contributed by atoms with Crippen molar-refractivity contribution in [1.82, 2.24) is 10.2 Å². The number of amides is 3. The van der Waals surface area contributed by atoms with Gasteiger partial charge in [-0.3, -0.25) is 9.69 Å². The van der Waals surface area contributed by atoms with Crippen molar-refractivity contribution in [3.05, 3.63) is 64.7 Å². The van der Waals surface area contributed by atoms with Crippen LogP contribution in [0.25, 0.3) is 0 Å². The Balaban J connectivity index is 1.48. The van der Waals surface area contributed by atoms with Crippen LogP contribution in [0.5, 0.6) is 0 Å². The van der Waals surface area contributed by atoms with Crippen LogP contribution in [0.3, 0.4) is 0 Å². The predicted molar refractivity (Wildman–Crippen MR) is 103 cm³/mol. The summed E-state index contributed by atoms with van der Waals surface area (Å²) in [5.41, 5.74) is 1.41. The van der Waals surface area contributed by atoms with E-state index in [2.05, 4.69) is 5.32 Å². The summed E-state index contributed by atoms with van der Waals surface area (Å²) < 4.78 is 5.00. The predicted octanol–water partition coefficient (Wildman–Crippen LogP) is 3.34. The Morgan fingerprint density at radius 3 is 2.44 bits per heavy atom. The third-order valence-corrected chi connectivity index (χ3v) is 5.23. The molecule has 0 radical (unpaired) electrons. The summed E-state index contributed by atoms with van der Waals surface area (Å²) in [5, 5.41) is 3.22. The van der Waals surface area contributed by atoms with Crippen molar-refractivity contribution in [2.24, 2.45) is 0 Å². The van der Waals surface area contributed by atoms with Crippen LogP contribution in [0.15, 0.2) is 53.4 Å². The second-order valence-corrected chi connectivity index (χ2v) is 7.28. The minimum atomic E-state index is -0.597. The van der Waals surface area contributed by atoms with Crippen LogP contribution < -0.4 is 5.32 Å². The Labute approximate surface area is 165 Å². The van der Waals surface area contributed by atoms with Crippen molar-refractivity contribution in [3.8, 4) is 0 Å². The van der Waals surface area contributed by atoms with Crippen LogP contribution in [-0.4, -0.2) is 42.5 Å². The number of esters is 1. The van der Waals surface area contributed by atoms with Gasteiger partial charge in [-0.05, 0) is 42.0 Å². The first-order valence-electron chi connectivity index (χ1n) is 8.25. The Hall–Kier alpha value is -2.51. The molecule has 0 saturated carbocycles. The summed E-state index contributed by atoms with van der Waals surface area (Å²) in [5.74, 6) is -0.381. The quantitative estimate of drug-likeness (QED) is 0.590. The molecule has 1 aliphatic heterocycles. The third-order valence-electron chi connectivity index (χ3n) is 3.89.